The van der Waals surface area contributed by atoms with Gasteiger partial charge >= 0.3 is 0 Å². The lowest BCUT2D eigenvalue weighted by Gasteiger charge is -2.29. The van der Waals surface area contributed by atoms with Gasteiger partial charge in [-0.05, 0) is 12.1 Å². The van der Waals surface area contributed by atoms with Crippen LogP contribution in [-0.4, -0.2) is 33.3 Å². The smallest absolute Gasteiger partial charge is 0.132 e. The monoisotopic (exact) mass is 307 g/mol. The third-order valence-corrected chi connectivity index (χ3v) is 2.88. The molecule has 0 heterocycles. The highest BCUT2D eigenvalue weighted by atomic mass is 32.2. The van der Waals surface area contributed by atoms with E-state index in [1.165, 1.54) is 11.3 Å². The van der Waals surface area contributed by atoms with Crippen molar-refractivity contribution >= 4 is 15.8 Å². The molecule has 0 unspecified atom stereocenters. The number of rotatable bonds is 3. The molecule has 0 atom stereocenters. The molecule has 2 aromatic carbocycles. The Hall–Kier alpha value is -1.69. The van der Waals surface area contributed by atoms with Crippen LogP contribution in [0.15, 0.2) is 60.7 Å². The standard InChI is InChI=1S/C15H18N.CH4O3S/c1-16(2,15-11-7-4-8-12-15)13-14-9-5-3-6-10-14;1-5(2,3)4/h3-12H,13H2,1-2H3;1H3,(H,2,3,4)/q+1;/p-1. The quantitative estimate of drug-likeness (QED) is 0.647. The first-order valence-corrected chi connectivity index (χ1v) is 8.33. The van der Waals surface area contributed by atoms with Crippen LogP contribution >= 0.6 is 0 Å². The molecule has 0 aliphatic rings. The summed E-state index contributed by atoms with van der Waals surface area (Å²) < 4.78 is 28.1. The predicted octanol–water partition coefficient (Wildman–Crippen LogP) is 2.62. The van der Waals surface area contributed by atoms with Gasteiger partial charge in [0.05, 0.1) is 24.2 Å². The second kappa shape index (κ2) is 7.36. The van der Waals surface area contributed by atoms with E-state index in [4.69, 9.17) is 13.0 Å². The maximum Gasteiger partial charge on any atom is 0.132 e. The number of benzene rings is 2. The molecule has 4 nitrogen and oxygen atoms in total. The van der Waals surface area contributed by atoms with Crippen molar-refractivity contribution in [3.05, 3.63) is 66.2 Å². The SMILES string of the molecule is CS(=O)(=O)[O-].C[N+](C)(Cc1ccccc1)c1ccccc1. The average Bonchev–Trinajstić information content (AvgIpc) is 2.38. The van der Waals surface area contributed by atoms with Gasteiger partial charge in [0.1, 0.15) is 12.2 Å². The molecule has 5 heteroatoms. The van der Waals surface area contributed by atoms with Crippen LogP contribution in [0.3, 0.4) is 0 Å². The fourth-order valence-corrected chi connectivity index (χ4v) is 1.96. The second-order valence-corrected chi connectivity index (χ2v) is 6.78. The molecule has 114 valence electrons. The van der Waals surface area contributed by atoms with Crippen LogP contribution in [0.5, 0.6) is 0 Å². The topological polar surface area (TPSA) is 57.2 Å². The Labute approximate surface area is 127 Å². The minimum Gasteiger partial charge on any atom is -0.748 e. The Bertz CT molecular complexity index is 630. The van der Waals surface area contributed by atoms with Crippen LogP contribution in [0.25, 0.3) is 0 Å². The van der Waals surface area contributed by atoms with Crippen molar-refractivity contribution in [1.29, 1.82) is 0 Å². The van der Waals surface area contributed by atoms with Gasteiger partial charge in [-0.15, -0.1) is 0 Å². The maximum absolute atomic E-state index is 9.08. The third-order valence-electron chi connectivity index (χ3n) is 2.88. The highest BCUT2D eigenvalue weighted by Gasteiger charge is 2.18. The molecule has 0 radical (unpaired) electrons. The zero-order chi connectivity index (χ0) is 15.9. The van der Waals surface area contributed by atoms with E-state index in [2.05, 4.69) is 74.8 Å². The molecule has 0 aromatic heterocycles. The van der Waals surface area contributed by atoms with E-state index in [0.29, 0.717) is 6.26 Å². The molecular weight excluding hydrogens is 286 g/mol. The summed E-state index contributed by atoms with van der Waals surface area (Å²) in [4.78, 5) is 0. The van der Waals surface area contributed by atoms with Crippen molar-refractivity contribution < 1.29 is 13.0 Å². The fraction of sp³-hybridized carbons (Fsp3) is 0.250. The summed E-state index contributed by atoms with van der Waals surface area (Å²) >= 11 is 0. The second-order valence-electron chi connectivity index (χ2n) is 5.37. The minimum absolute atomic E-state index is 0.604. The van der Waals surface area contributed by atoms with Gasteiger partial charge in [0.15, 0.2) is 0 Å². The van der Waals surface area contributed by atoms with Gasteiger partial charge in [-0.2, -0.15) is 0 Å². The maximum atomic E-state index is 9.08. The average molecular weight is 307 g/mol. The third kappa shape index (κ3) is 7.60. The van der Waals surface area contributed by atoms with E-state index in [1.54, 1.807) is 0 Å². The Morgan fingerprint density at radius 3 is 1.71 bits per heavy atom. The summed E-state index contributed by atoms with van der Waals surface area (Å²) in [6.07, 6.45) is 0.604. The molecule has 0 spiro atoms. The van der Waals surface area contributed by atoms with E-state index in [9.17, 15) is 0 Å². The zero-order valence-corrected chi connectivity index (χ0v) is 13.4. The van der Waals surface area contributed by atoms with E-state index >= 15 is 0 Å². The van der Waals surface area contributed by atoms with Gasteiger partial charge in [-0.1, -0.05) is 48.5 Å². The molecule has 0 fully saturated rings. The molecule has 0 N–H and O–H groups in total. The first-order chi connectivity index (χ1) is 9.68. The molecule has 21 heavy (non-hydrogen) atoms. The van der Waals surface area contributed by atoms with Crippen LogP contribution in [0, 0.1) is 0 Å². The number of hydrogen-bond acceptors (Lipinski definition) is 3. The van der Waals surface area contributed by atoms with Crippen molar-refractivity contribution in [3.8, 4) is 0 Å². The van der Waals surface area contributed by atoms with Gasteiger partial charge in [0, 0.05) is 11.8 Å². The van der Waals surface area contributed by atoms with Crippen LogP contribution in [0.2, 0.25) is 0 Å². The summed E-state index contributed by atoms with van der Waals surface area (Å²) in [5.74, 6) is 0. The summed E-state index contributed by atoms with van der Waals surface area (Å²) in [6, 6.07) is 21.2. The molecular formula is C16H21NO3S. The van der Waals surface area contributed by atoms with Gasteiger partial charge in [-0.3, -0.25) is 4.48 Å². The Kier molecular flexibility index (Phi) is 6.08. The van der Waals surface area contributed by atoms with Gasteiger partial charge in [0.2, 0.25) is 0 Å². The van der Waals surface area contributed by atoms with Gasteiger partial charge < -0.3 is 4.55 Å². The van der Waals surface area contributed by atoms with Crippen LogP contribution in [-0.2, 0) is 16.7 Å². The summed E-state index contributed by atoms with van der Waals surface area (Å²) in [6.45, 7) is 1.02. The lowest BCUT2D eigenvalue weighted by molar-refractivity contribution is 0.392. The molecule has 0 aliphatic heterocycles. The Morgan fingerprint density at radius 1 is 0.905 bits per heavy atom. The molecule has 0 aliphatic carbocycles. The molecule has 0 saturated carbocycles. The van der Waals surface area contributed by atoms with E-state index in [0.717, 1.165) is 11.0 Å². The molecule has 2 aromatic rings. The Balaban J connectivity index is 0.000000383. The lowest BCUT2D eigenvalue weighted by Crippen LogP contribution is -2.39. The minimum atomic E-state index is -3.92. The van der Waals surface area contributed by atoms with Crippen LogP contribution in [0.1, 0.15) is 5.56 Å². The van der Waals surface area contributed by atoms with Gasteiger partial charge in [-0.25, -0.2) is 8.42 Å². The molecule has 2 rings (SSSR count). The number of para-hydroxylation sites is 1. The lowest BCUT2D eigenvalue weighted by atomic mass is 10.2. The van der Waals surface area contributed by atoms with E-state index in [-0.39, 0.29) is 0 Å². The summed E-state index contributed by atoms with van der Waals surface area (Å²) in [5, 5.41) is 0. The van der Waals surface area contributed by atoms with E-state index < -0.39 is 10.1 Å². The Morgan fingerprint density at radius 2 is 1.29 bits per heavy atom. The van der Waals surface area contributed by atoms with E-state index in [1.807, 2.05) is 0 Å². The normalized spacial score (nSPS) is 11.4. The fourth-order valence-electron chi connectivity index (χ4n) is 1.96. The van der Waals surface area contributed by atoms with Crippen LogP contribution < -0.4 is 4.48 Å². The van der Waals surface area contributed by atoms with Gasteiger partial charge in [0.25, 0.3) is 0 Å². The van der Waals surface area contributed by atoms with Crippen LogP contribution in [0.4, 0.5) is 5.69 Å². The highest BCUT2D eigenvalue weighted by molar-refractivity contribution is 7.84. The highest BCUT2D eigenvalue weighted by Crippen LogP contribution is 2.21. The van der Waals surface area contributed by atoms with Crippen molar-refractivity contribution in [2.24, 2.45) is 0 Å². The summed E-state index contributed by atoms with van der Waals surface area (Å²) in [7, 11) is 0.560. The zero-order valence-electron chi connectivity index (χ0n) is 12.6. The molecule has 0 bridgehead atoms. The van der Waals surface area contributed by atoms with Crippen molar-refractivity contribution in [2.75, 3.05) is 20.4 Å². The van der Waals surface area contributed by atoms with Crippen molar-refractivity contribution in [2.45, 2.75) is 6.54 Å². The first kappa shape index (κ1) is 17.4. The number of nitrogens with zero attached hydrogens (tertiary/aromatic N) is 1. The predicted molar refractivity (Wildman–Crippen MR) is 85.9 cm³/mol. The molecule has 0 saturated heterocycles. The largest absolute Gasteiger partial charge is 0.748 e. The van der Waals surface area contributed by atoms with Crippen molar-refractivity contribution in [3.63, 3.8) is 0 Å². The molecule has 0 amide bonds. The van der Waals surface area contributed by atoms with Crippen molar-refractivity contribution in [1.82, 2.24) is 4.48 Å². The summed E-state index contributed by atoms with van der Waals surface area (Å²) in [5.41, 5.74) is 2.71. The first-order valence-electron chi connectivity index (χ1n) is 6.52. The number of quaternary nitrogens is 1. The number of hydrogen-bond donors (Lipinski definition) is 0.